The van der Waals surface area contributed by atoms with Crippen molar-refractivity contribution in [1.82, 2.24) is 14.8 Å². The molecule has 2 aromatic heterocycles. The van der Waals surface area contributed by atoms with Gasteiger partial charge in [-0.1, -0.05) is 0 Å². The van der Waals surface area contributed by atoms with Crippen molar-refractivity contribution in [2.45, 2.75) is 19.9 Å². The number of carbonyl (C=O) groups is 1. The minimum absolute atomic E-state index is 0.181. The van der Waals surface area contributed by atoms with Gasteiger partial charge in [-0.25, -0.2) is 0 Å². The molecule has 17 heavy (non-hydrogen) atoms. The zero-order valence-electron chi connectivity index (χ0n) is 9.57. The first-order valence-electron chi connectivity index (χ1n) is 5.25. The number of nitrogens with zero attached hydrogens (tertiary/aromatic N) is 2. The number of hydrogen-bond acceptors (Lipinski definition) is 2. The molecule has 0 aliphatic carbocycles. The molecule has 0 saturated heterocycles. The van der Waals surface area contributed by atoms with Gasteiger partial charge in [0, 0.05) is 22.9 Å². The number of nitrogens with one attached hydrogen (secondary N) is 2. The van der Waals surface area contributed by atoms with E-state index in [1.54, 1.807) is 29.3 Å². The smallest absolute Gasteiger partial charge is 0.272 e. The zero-order valence-corrected chi connectivity index (χ0v) is 11.2. The predicted octanol–water partition coefficient (Wildman–Crippen LogP) is 2.81. The lowest BCUT2D eigenvalue weighted by Crippen LogP contribution is -2.11. The van der Waals surface area contributed by atoms with Crippen LogP contribution in [0.4, 0.5) is 5.69 Å². The molecule has 0 saturated carbocycles. The number of aromatic amines is 1. The predicted molar refractivity (Wildman–Crippen MR) is 69.1 cm³/mol. The fourth-order valence-corrected chi connectivity index (χ4v) is 1.73. The van der Waals surface area contributed by atoms with Crippen molar-refractivity contribution in [3.63, 3.8) is 0 Å². The summed E-state index contributed by atoms with van der Waals surface area (Å²) in [4.78, 5) is 14.7. The Morgan fingerprint density at radius 2 is 2.35 bits per heavy atom. The van der Waals surface area contributed by atoms with Crippen LogP contribution in [0.5, 0.6) is 0 Å². The second-order valence-electron chi connectivity index (χ2n) is 3.99. The minimum atomic E-state index is -0.181. The Labute approximate surface area is 107 Å². The Morgan fingerprint density at radius 1 is 1.59 bits per heavy atom. The fourth-order valence-electron chi connectivity index (χ4n) is 1.38. The normalized spacial score (nSPS) is 10.8. The van der Waals surface area contributed by atoms with Gasteiger partial charge in [-0.05, 0) is 35.8 Å². The summed E-state index contributed by atoms with van der Waals surface area (Å²) in [6.07, 6.45) is 5.16. The van der Waals surface area contributed by atoms with Gasteiger partial charge in [-0.3, -0.25) is 9.48 Å². The minimum Gasteiger partial charge on any atom is -0.356 e. The van der Waals surface area contributed by atoms with Gasteiger partial charge in [0.15, 0.2) is 0 Å². The maximum atomic E-state index is 11.8. The van der Waals surface area contributed by atoms with Crippen LogP contribution in [-0.4, -0.2) is 20.7 Å². The average Bonchev–Trinajstić information content (AvgIpc) is 2.86. The van der Waals surface area contributed by atoms with Crippen molar-refractivity contribution in [3.05, 3.63) is 34.8 Å². The first-order chi connectivity index (χ1) is 8.06. The Bertz CT molecular complexity index is 529. The topological polar surface area (TPSA) is 62.7 Å². The maximum Gasteiger partial charge on any atom is 0.272 e. The highest BCUT2D eigenvalue weighted by Crippen LogP contribution is 2.14. The van der Waals surface area contributed by atoms with Gasteiger partial charge in [0.25, 0.3) is 5.91 Å². The number of amides is 1. The Kier molecular flexibility index (Phi) is 3.33. The molecule has 5 nitrogen and oxygen atoms in total. The van der Waals surface area contributed by atoms with E-state index in [1.165, 1.54) is 0 Å². The molecule has 2 N–H and O–H groups in total. The molecule has 2 heterocycles. The van der Waals surface area contributed by atoms with E-state index in [4.69, 9.17) is 0 Å². The van der Waals surface area contributed by atoms with Gasteiger partial charge in [-0.2, -0.15) is 5.10 Å². The summed E-state index contributed by atoms with van der Waals surface area (Å²) in [5, 5.41) is 6.92. The van der Waals surface area contributed by atoms with Crippen molar-refractivity contribution >= 4 is 27.5 Å². The van der Waals surface area contributed by atoms with Crippen LogP contribution in [0.3, 0.4) is 0 Å². The lowest BCUT2D eigenvalue weighted by molar-refractivity contribution is 0.102. The molecule has 2 rings (SSSR count). The van der Waals surface area contributed by atoms with Crippen molar-refractivity contribution in [3.8, 4) is 0 Å². The molecule has 0 aliphatic rings. The lowest BCUT2D eigenvalue weighted by Gasteiger charge is -2.03. The number of H-pyrrole nitrogens is 1. The molecule has 90 valence electrons. The van der Waals surface area contributed by atoms with Crippen LogP contribution in [0.15, 0.2) is 29.1 Å². The highest BCUT2D eigenvalue weighted by atomic mass is 79.9. The largest absolute Gasteiger partial charge is 0.356 e. The molecule has 6 heteroatoms. The highest BCUT2D eigenvalue weighted by Gasteiger charge is 2.09. The van der Waals surface area contributed by atoms with Gasteiger partial charge in [0.1, 0.15) is 5.69 Å². The summed E-state index contributed by atoms with van der Waals surface area (Å²) >= 11 is 3.28. The van der Waals surface area contributed by atoms with E-state index >= 15 is 0 Å². The van der Waals surface area contributed by atoms with Crippen molar-refractivity contribution in [1.29, 1.82) is 0 Å². The Balaban J connectivity index is 2.07. The second-order valence-corrected chi connectivity index (χ2v) is 4.90. The van der Waals surface area contributed by atoms with Gasteiger partial charge in [0.2, 0.25) is 0 Å². The SMILES string of the molecule is CC(C)n1cc(NC(=O)c2cc(Br)c[nH]2)cn1. The Hall–Kier alpha value is -1.56. The van der Waals surface area contributed by atoms with E-state index in [-0.39, 0.29) is 11.9 Å². The van der Waals surface area contributed by atoms with Crippen LogP contribution in [0.1, 0.15) is 30.4 Å². The number of aromatic nitrogens is 3. The maximum absolute atomic E-state index is 11.8. The molecule has 0 spiro atoms. The summed E-state index contributed by atoms with van der Waals surface area (Å²) in [5.74, 6) is -0.181. The van der Waals surface area contributed by atoms with E-state index in [2.05, 4.69) is 31.3 Å². The monoisotopic (exact) mass is 296 g/mol. The van der Waals surface area contributed by atoms with Crippen LogP contribution in [0.25, 0.3) is 0 Å². The molecule has 0 radical (unpaired) electrons. The second kappa shape index (κ2) is 4.75. The number of hydrogen-bond donors (Lipinski definition) is 2. The molecule has 1 amide bonds. The van der Waals surface area contributed by atoms with Gasteiger partial charge in [-0.15, -0.1) is 0 Å². The van der Waals surface area contributed by atoms with Crippen LogP contribution in [0.2, 0.25) is 0 Å². The fraction of sp³-hybridized carbons (Fsp3) is 0.273. The first kappa shape index (κ1) is 11.9. The average molecular weight is 297 g/mol. The summed E-state index contributed by atoms with van der Waals surface area (Å²) in [7, 11) is 0. The molecular weight excluding hydrogens is 284 g/mol. The van der Waals surface area contributed by atoms with Crippen LogP contribution in [-0.2, 0) is 0 Å². The number of rotatable bonds is 3. The molecule has 0 unspecified atom stereocenters. The van der Waals surface area contributed by atoms with E-state index in [0.717, 1.165) is 4.47 Å². The zero-order chi connectivity index (χ0) is 12.4. The third kappa shape index (κ3) is 2.76. The van der Waals surface area contributed by atoms with Crippen LogP contribution >= 0.6 is 15.9 Å². The number of anilines is 1. The number of halogens is 1. The molecule has 0 bridgehead atoms. The molecule has 0 aliphatic heterocycles. The van der Waals surface area contributed by atoms with Gasteiger partial charge >= 0.3 is 0 Å². The first-order valence-corrected chi connectivity index (χ1v) is 6.05. The summed E-state index contributed by atoms with van der Waals surface area (Å²) in [5.41, 5.74) is 1.20. The molecule has 0 aromatic carbocycles. The van der Waals surface area contributed by atoms with Gasteiger partial charge in [0.05, 0.1) is 11.9 Å². The third-order valence-corrected chi connectivity index (χ3v) is 2.74. The molecule has 0 fully saturated rings. The Morgan fingerprint density at radius 3 is 2.88 bits per heavy atom. The van der Waals surface area contributed by atoms with Crippen LogP contribution in [0, 0.1) is 0 Å². The van der Waals surface area contributed by atoms with E-state index in [0.29, 0.717) is 11.4 Å². The highest BCUT2D eigenvalue weighted by molar-refractivity contribution is 9.10. The van der Waals surface area contributed by atoms with Crippen molar-refractivity contribution in [2.24, 2.45) is 0 Å². The van der Waals surface area contributed by atoms with Gasteiger partial charge < -0.3 is 10.3 Å². The quantitative estimate of drug-likeness (QED) is 0.915. The van der Waals surface area contributed by atoms with Crippen molar-refractivity contribution in [2.75, 3.05) is 5.32 Å². The van der Waals surface area contributed by atoms with E-state index in [9.17, 15) is 4.79 Å². The van der Waals surface area contributed by atoms with E-state index < -0.39 is 0 Å². The van der Waals surface area contributed by atoms with Crippen LogP contribution < -0.4 is 5.32 Å². The van der Waals surface area contributed by atoms with E-state index in [1.807, 2.05) is 13.8 Å². The summed E-state index contributed by atoms with van der Waals surface area (Å²) in [6, 6.07) is 2.00. The third-order valence-electron chi connectivity index (χ3n) is 2.28. The van der Waals surface area contributed by atoms with Crippen molar-refractivity contribution < 1.29 is 4.79 Å². The molecule has 2 aromatic rings. The summed E-state index contributed by atoms with van der Waals surface area (Å²) in [6.45, 7) is 4.06. The number of carbonyl (C=O) groups excluding carboxylic acids is 1. The molecule has 0 atom stereocenters. The lowest BCUT2D eigenvalue weighted by atomic mass is 10.4. The standard InChI is InChI=1S/C11H13BrN4O/c1-7(2)16-6-9(5-14-16)15-11(17)10-3-8(12)4-13-10/h3-7,13H,1-2H3,(H,15,17). The summed E-state index contributed by atoms with van der Waals surface area (Å²) < 4.78 is 2.64. The molecular formula is C11H13BrN4O.